The zero-order valence-corrected chi connectivity index (χ0v) is 17.1. The predicted octanol–water partition coefficient (Wildman–Crippen LogP) is 4.02. The van der Waals surface area contributed by atoms with Gasteiger partial charge in [-0.1, -0.05) is 60.7 Å². The van der Waals surface area contributed by atoms with Crippen molar-refractivity contribution in [3.8, 4) is 0 Å². The lowest BCUT2D eigenvalue weighted by atomic mass is 9.89. The highest BCUT2D eigenvalue weighted by molar-refractivity contribution is 5.19. The predicted molar refractivity (Wildman–Crippen MR) is 107 cm³/mol. The molecular formula is C24H28O5. The molecule has 0 aromatic heterocycles. The van der Waals surface area contributed by atoms with Gasteiger partial charge in [-0.2, -0.15) is 0 Å². The molecule has 154 valence electrons. The summed E-state index contributed by atoms with van der Waals surface area (Å²) in [5, 5.41) is 0. The summed E-state index contributed by atoms with van der Waals surface area (Å²) in [5.41, 5.74) is 2.26. The van der Waals surface area contributed by atoms with Gasteiger partial charge in [-0.25, -0.2) is 0 Å². The van der Waals surface area contributed by atoms with Crippen LogP contribution in [0.25, 0.3) is 0 Å². The van der Waals surface area contributed by atoms with Crippen LogP contribution in [-0.4, -0.2) is 42.4 Å². The van der Waals surface area contributed by atoms with Crippen LogP contribution >= 0.6 is 0 Å². The normalized spacial score (nSPS) is 35.6. The van der Waals surface area contributed by atoms with Crippen molar-refractivity contribution in [1.82, 2.24) is 0 Å². The molecule has 29 heavy (non-hydrogen) atoms. The third-order valence-electron chi connectivity index (χ3n) is 5.94. The first-order valence-corrected chi connectivity index (χ1v) is 10.4. The number of epoxide rings is 1. The van der Waals surface area contributed by atoms with Gasteiger partial charge in [0.1, 0.15) is 36.6 Å². The average molecular weight is 396 g/mol. The molecule has 0 N–H and O–H groups in total. The number of benzene rings is 2. The van der Waals surface area contributed by atoms with Crippen molar-refractivity contribution < 1.29 is 23.7 Å². The van der Waals surface area contributed by atoms with E-state index in [2.05, 4.69) is 31.2 Å². The van der Waals surface area contributed by atoms with Crippen LogP contribution in [-0.2, 0) is 30.3 Å². The largest absolute Gasteiger partial charge is 0.368 e. The average Bonchev–Trinajstić information content (AvgIpc) is 3.45. The van der Waals surface area contributed by atoms with E-state index in [4.69, 9.17) is 23.7 Å². The van der Waals surface area contributed by atoms with E-state index >= 15 is 0 Å². The highest BCUT2D eigenvalue weighted by Crippen LogP contribution is 2.49. The Bertz CT molecular complexity index is 824. The van der Waals surface area contributed by atoms with Gasteiger partial charge in [0.05, 0.1) is 12.7 Å². The highest BCUT2D eigenvalue weighted by Gasteiger charge is 2.67. The lowest BCUT2D eigenvalue weighted by Crippen LogP contribution is -2.55. The second-order valence-corrected chi connectivity index (χ2v) is 8.54. The molecule has 1 saturated carbocycles. The van der Waals surface area contributed by atoms with Gasteiger partial charge in [0, 0.05) is 0 Å². The third kappa shape index (κ3) is 3.86. The smallest absolute Gasteiger partial charge is 0.164 e. The fraction of sp³-hybridized carbons (Fsp3) is 0.500. The van der Waals surface area contributed by atoms with Gasteiger partial charge in [-0.15, -0.1) is 0 Å². The third-order valence-corrected chi connectivity index (χ3v) is 5.94. The molecule has 0 unspecified atom stereocenters. The van der Waals surface area contributed by atoms with Crippen LogP contribution in [0, 0.1) is 0 Å². The van der Waals surface area contributed by atoms with Crippen molar-refractivity contribution in [2.24, 2.45) is 0 Å². The van der Waals surface area contributed by atoms with E-state index in [0.29, 0.717) is 6.61 Å². The fourth-order valence-electron chi connectivity index (χ4n) is 4.51. The SMILES string of the molecule is C[C@@H](O[C@@H]1[C@@H](OCc2ccccc2)[C@@H]2OC(C)(C)O[C@@H]2[C@@H]2O[C@@H]21)c1ccccc1. The Morgan fingerprint density at radius 3 is 2.21 bits per heavy atom. The van der Waals surface area contributed by atoms with Crippen molar-refractivity contribution in [2.75, 3.05) is 0 Å². The minimum absolute atomic E-state index is 0.00586. The minimum Gasteiger partial charge on any atom is -0.368 e. The molecular weight excluding hydrogens is 368 g/mol. The molecule has 1 aliphatic carbocycles. The molecule has 0 radical (unpaired) electrons. The Morgan fingerprint density at radius 1 is 0.828 bits per heavy atom. The molecule has 0 amide bonds. The van der Waals surface area contributed by atoms with Gasteiger partial charge in [-0.3, -0.25) is 0 Å². The fourth-order valence-corrected chi connectivity index (χ4v) is 4.51. The van der Waals surface area contributed by atoms with Crippen LogP contribution in [0.4, 0.5) is 0 Å². The quantitative estimate of drug-likeness (QED) is 0.691. The molecule has 3 fully saturated rings. The summed E-state index contributed by atoms with van der Waals surface area (Å²) in [6.45, 7) is 6.46. The van der Waals surface area contributed by atoms with Gasteiger partial charge in [0.25, 0.3) is 0 Å². The van der Waals surface area contributed by atoms with Crippen LogP contribution in [0.3, 0.4) is 0 Å². The van der Waals surface area contributed by atoms with Gasteiger partial charge < -0.3 is 23.7 Å². The minimum atomic E-state index is -0.653. The van der Waals surface area contributed by atoms with Crippen molar-refractivity contribution in [1.29, 1.82) is 0 Å². The standard InChI is InChI=1S/C24H28O5/c1-15(17-12-8-5-9-13-17)26-19-18(25-14-16-10-6-4-7-11-16)22-23(21-20(19)27-21)29-24(2,3)28-22/h4-13,15,18-23H,14H2,1-3H3/t15-,18-,19-,20-,21-,22+,23-/m1/s1. The molecule has 7 atom stereocenters. The Kier molecular flexibility index (Phi) is 4.96. The van der Waals surface area contributed by atoms with E-state index < -0.39 is 5.79 Å². The van der Waals surface area contributed by atoms with Crippen molar-refractivity contribution in [3.63, 3.8) is 0 Å². The molecule has 2 aromatic rings. The maximum absolute atomic E-state index is 6.52. The number of hydrogen-bond acceptors (Lipinski definition) is 5. The topological polar surface area (TPSA) is 49.5 Å². The van der Waals surface area contributed by atoms with Crippen LogP contribution in [0.1, 0.15) is 38.0 Å². The maximum atomic E-state index is 6.52. The number of fused-ring (bicyclic) bond motifs is 3. The lowest BCUT2D eigenvalue weighted by molar-refractivity contribution is -0.186. The summed E-state index contributed by atoms with van der Waals surface area (Å²) < 4.78 is 31.3. The summed E-state index contributed by atoms with van der Waals surface area (Å²) in [4.78, 5) is 0. The number of rotatable bonds is 6. The van der Waals surface area contributed by atoms with Gasteiger partial charge in [0.2, 0.25) is 0 Å². The Morgan fingerprint density at radius 2 is 1.48 bits per heavy atom. The van der Waals surface area contributed by atoms with Crippen LogP contribution in [0.15, 0.2) is 60.7 Å². The molecule has 5 heteroatoms. The van der Waals surface area contributed by atoms with Crippen molar-refractivity contribution in [2.45, 2.75) is 75.9 Å². The van der Waals surface area contributed by atoms with Gasteiger partial charge in [-0.05, 0) is 31.9 Å². The summed E-state index contributed by atoms with van der Waals surface area (Å²) in [5.74, 6) is -0.653. The Labute approximate surface area is 171 Å². The monoisotopic (exact) mass is 396 g/mol. The molecule has 2 heterocycles. The summed E-state index contributed by atoms with van der Waals surface area (Å²) >= 11 is 0. The number of ether oxygens (including phenoxy) is 5. The van der Waals surface area contributed by atoms with E-state index in [1.165, 1.54) is 0 Å². The summed E-state index contributed by atoms with van der Waals surface area (Å²) in [6, 6.07) is 20.4. The molecule has 3 aliphatic rings. The van der Waals surface area contributed by atoms with Crippen molar-refractivity contribution in [3.05, 3.63) is 71.8 Å². The van der Waals surface area contributed by atoms with Crippen LogP contribution in [0.2, 0.25) is 0 Å². The highest BCUT2D eigenvalue weighted by atomic mass is 16.8. The molecule has 2 aromatic carbocycles. The first kappa shape index (κ1) is 19.2. The van der Waals surface area contributed by atoms with E-state index in [1.54, 1.807) is 0 Å². The second-order valence-electron chi connectivity index (χ2n) is 8.54. The van der Waals surface area contributed by atoms with E-state index in [9.17, 15) is 0 Å². The Hall–Kier alpha value is -1.76. The van der Waals surface area contributed by atoms with E-state index in [-0.39, 0.29) is 42.7 Å². The van der Waals surface area contributed by atoms with Gasteiger partial charge in [0.15, 0.2) is 5.79 Å². The second kappa shape index (κ2) is 7.49. The molecule has 2 saturated heterocycles. The van der Waals surface area contributed by atoms with Crippen LogP contribution in [0.5, 0.6) is 0 Å². The van der Waals surface area contributed by atoms with E-state index in [0.717, 1.165) is 11.1 Å². The molecule has 2 aliphatic heterocycles. The molecule has 0 spiro atoms. The maximum Gasteiger partial charge on any atom is 0.164 e. The molecule has 5 rings (SSSR count). The van der Waals surface area contributed by atoms with Crippen LogP contribution < -0.4 is 0 Å². The summed E-state index contributed by atoms with van der Waals surface area (Å²) in [7, 11) is 0. The van der Waals surface area contributed by atoms with E-state index in [1.807, 2.05) is 50.2 Å². The number of hydrogen-bond donors (Lipinski definition) is 0. The zero-order valence-electron chi connectivity index (χ0n) is 17.1. The zero-order chi connectivity index (χ0) is 20.0. The summed E-state index contributed by atoms with van der Waals surface area (Å²) in [6.07, 6.45) is -0.907. The van der Waals surface area contributed by atoms with Gasteiger partial charge >= 0.3 is 0 Å². The lowest BCUT2D eigenvalue weighted by Gasteiger charge is -2.36. The molecule has 5 nitrogen and oxygen atoms in total. The van der Waals surface area contributed by atoms with Crippen molar-refractivity contribution >= 4 is 0 Å². The first-order valence-electron chi connectivity index (χ1n) is 10.4. The Balaban J connectivity index is 1.37. The molecule has 0 bridgehead atoms. The first-order chi connectivity index (χ1) is 14.0.